The molecule has 0 amide bonds. The van der Waals surface area contributed by atoms with Crippen molar-refractivity contribution >= 4 is 9.24 Å². The van der Waals surface area contributed by atoms with Crippen molar-refractivity contribution in [3.63, 3.8) is 0 Å². The smallest absolute Gasteiger partial charge is 0.0556 e. The van der Waals surface area contributed by atoms with E-state index in [4.69, 9.17) is 5.11 Å². The van der Waals surface area contributed by atoms with Crippen LogP contribution in [0, 0.1) is 0 Å². The maximum atomic E-state index is 8.52. The van der Waals surface area contributed by atoms with E-state index in [9.17, 15) is 0 Å². The first-order chi connectivity index (χ1) is 5.72. The highest BCUT2D eigenvalue weighted by Gasteiger charge is 1.92. The van der Waals surface area contributed by atoms with Gasteiger partial charge in [0.2, 0.25) is 0 Å². The molecule has 3 heteroatoms. The zero-order chi connectivity index (χ0) is 9.40. The van der Waals surface area contributed by atoms with Crippen molar-refractivity contribution in [2.24, 2.45) is 0 Å². The molecule has 0 aromatic carbocycles. The van der Waals surface area contributed by atoms with Crippen LogP contribution in [-0.2, 0) is 0 Å². The van der Waals surface area contributed by atoms with Crippen LogP contribution >= 0.6 is 9.24 Å². The second kappa shape index (κ2) is 7.48. The summed E-state index contributed by atoms with van der Waals surface area (Å²) < 4.78 is 0. The number of allylic oxidation sites excluding steroid dienone is 3. The summed E-state index contributed by atoms with van der Waals surface area (Å²) in [6, 6.07) is 0. The Morgan fingerprint density at radius 2 is 2.25 bits per heavy atom. The largest absolute Gasteiger partial charge is 0.395 e. The molecule has 0 fully saturated rings. The third-order valence-electron chi connectivity index (χ3n) is 1.52. The van der Waals surface area contributed by atoms with Gasteiger partial charge in [-0.1, -0.05) is 17.7 Å². The van der Waals surface area contributed by atoms with E-state index >= 15 is 0 Å². The molecule has 0 spiro atoms. The lowest BCUT2D eigenvalue weighted by Crippen LogP contribution is -2.20. The summed E-state index contributed by atoms with van der Waals surface area (Å²) in [4.78, 5) is 0. The van der Waals surface area contributed by atoms with Crippen LogP contribution in [-0.4, -0.2) is 24.8 Å². The van der Waals surface area contributed by atoms with E-state index in [0.29, 0.717) is 6.54 Å². The Morgan fingerprint density at radius 1 is 1.58 bits per heavy atom. The molecular weight excluding hydrogens is 169 g/mol. The summed E-state index contributed by atoms with van der Waals surface area (Å²) in [7, 11) is 2.69. The van der Waals surface area contributed by atoms with Gasteiger partial charge >= 0.3 is 0 Å². The molecule has 0 rings (SSSR count). The predicted octanol–water partition coefficient (Wildman–Crippen LogP) is 1.29. The molecule has 2 nitrogen and oxygen atoms in total. The Hall–Kier alpha value is -0.170. The van der Waals surface area contributed by atoms with Crippen LogP contribution in [0.4, 0.5) is 0 Å². The van der Waals surface area contributed by atoms with Gasteiger partial charge < -0.3 is 10.4 Å². The summed E-state index contributed by atoms with van der Waals surface area (Å²) in [6.45, 7) is 5.77. The van der Waals surface area contributed by atoms with Crippen LogP contribution in [0.3, 0.4) is 0 Å². The van der Waals surface area contributed by atoms with Crippen LogP contribution in [0.25, 0.3) is 0 Å². The quantitative estimate of drug-likeness (QED) is 0.386. The molecule has 12 heavy (non-hydrogen) atoms. The van der Waals surface area contributed by atoms with Gasteiger partial charge in [-0.15, -0.1) is 9.24 Å². The van der Waals surface area contributed by atoms with Crippen molar-refractivity contribution in [3.8, 4) is 0 Å². The molecule has 1 unspecified atom stereocenters. The minimum absolute atomic E-state index is 0.198. The fourth-order valence-corrected chi connectivity index (χ4v) is 1.07. The number of nitrogens with one attached hydrogen (secondary N) is 1. The fourth-order valence-electron chi connectivity index (χ4n) is 0.779. The summed E-state index contributed by atoms with van der Waals surface area (Å²) in [5.41, 5.74) is 1.28. The fraction of sp³-hybridized carbons (Fsp3) is 0.556. The van der Waals surface area contributed by atoms with Gasteiger partial charge in [0.25, 0.3) is 0 Å². The second-order valence-electron chi connectivity index (χ2n) is 2.64. The van der Waals surface area contributed by atoms with E-state index in [0.717, 1.165) is 6.54 Å². The third kappa shape index (κ3) is 5.48. The number of hydrogen-bond acceptors (Lipinski definition) is 2. The zero-order valence-corrected chi connectivity index (χ0v) is 8.96. The van der Waals surface area contributed by atoms with Crippen molar-refractivity contribution in [1.82, 2.24) is 5.32 Å². The number of aliphatic hydroxyl groups excluding tert-OH is 1. The van der Waals surface area contributed by atoms with Crippen LogP contribution in [0.5, 0.6) is 0 Å². The molecule has 0 saturated heterocycles. The number of aliphatic hydroxyl groups is 1. The molecule has 0 radical (unpaired) electrons. The monoisotopic (exact) mass is 187 g/mol. The van der Waals surface area contributed by atoms with Gasteiger partial charge in [-0.05, 0) is 19.2 Å². The number of rotatable bonds is 5. The van der Waals surface area contributed by atoms with Crippen molar-refractivity contribution in [3.05, 3.63) is 23.0 Å². The summed E-state index contributed by atoms with van der Waals surface area (Å²) >= 11 is 0. The molecule has 0 aliphatic heterocycles. The first kappa shape index (κ1) is 11.8. The maximum absolute atomic E-state index is 8.52. The topological polar surface area (TPSA) is 32.3 Å². The van der Waals surface area contributed by atoms with Crippen LogP contribution in [0.1, 0.15) is 13.8 Å². The second-order valence-corrected chi connectivity index (χ2v) is 3.26. The van der Waals surface area contributed by atoms with Crippen LogP contribution in [0.15, 0.2) is 23.0 Å². The van der Waals surface area contributed by atoms with Crippen molar-refractivity contribution in [2.45, 2.75) is 13.8 Å². The van der Waals surface area contributed by atoms with Crippen molar-refractivity contribution in [2.75, 3.05) is 19.7 Å². The van der Waals surface area contributed by atoms with E-state index in [2.05, 4.69) is 27.6 Å². The van der Waals surface area contributed by atoms with Gasteiger partial charge in [0.15, 0.2) is 0 Å². The molecule has 0 heterocycles. The van der Waals surface area contributed by atoms with Gasteiger partial charge in [-0.2, -0.15) is 0 Å². The summed E-state index contributed by atoms with van der Waals surface area (Å²) in [5.74, 6) is 0. The standard InChI is InChI=1S/C9H18NOP/c1-3-4-9(12)8(2)7-10-5-6-11/h3-4,10-11H,5-7,12H2,1-2H3/b4-3-,9-8-. The average Bonchev–Trinajstić information content (AvgIpc) is 2.05. The SMILES string of the molecule is C/C=C\C(P)=C(/C)CNCCO. The van der Waals surface area contributed by atoms with Crippen molar-refractivity contribution in [1.29, 1.82) is 0 Å². The van der Waals surface area contributed by atoms with Gasteiger partial charge in [-0.3, -0.25) is 0 Å². The van der Waals surface area contributed by atoms with E-state index in [1.165, 1.54) is 10.9 Å². The Kier molecular flexibility index (Phi) is 7.37. The molecule has 0 saturated carbocycles. The highest BCUT2D eigenvalue weighted by Crippen LogP contribution is 2.12. The first-order valence-electron chi connectivity index (χ1n) is 4.11. The van der Waals surface area contributed by atoms with E-state index in [1.807, 2.05) is 13.0 Å². The van der Waals surface area contributed by atoms with Crippen molar-refractivity contribution < 1.29 is 5.11 Å². The highest BCUT2D eigenvalue weighted by molar-refractivity contribution is 7.23. The first-order valence-corrected chi connectivity index (χ1v) is 4.69. The maximum Gasteiger partial charge on any atom is 0.0556 e. The van der Waals surface area contributed by atoms with E-state index in [-0.39, 0.29) is 6.61 Å². The van der Waals surface area contributed by atoms with Gasteiger partial charge in [-0.25, -0.2) is 0 Å². The van der Waals surface area contributed by atoms with Gasteiger partial charge in [0.1, 0.15) is 0 Å². The Balaban J connectivity index is 3.82. The molecule has 2 N–H and O–H groups in total. The van der Waals surface area contributed by atoms with Crippen LogP contribution in [0.2, 0.25) is 0 Å². The lowest BCUT2D eigenvalue weighted by molar-refractivity contribution is 0.294. The lowest BCUT2D eigenvalue weighted by atomic mass is 10.2. The predicted molar refractivity (Wildman–Crippen MR) is 57.2 cm³/mol. The minimum atomic E-state index is 0.198. The van der Waals surface area contributed by atoms with E-state index in [1.54, 1.807) is 0 Å². The average molecular weight is 187 g/mol. The molecule has 0 bridgehead atoms. The summed E-state index contributed by atoms with van der Waals surface area (Å²) in [5, 5.41) is 12.9. The lowest BCUT2D eigenvalue weighted by Gasteiger charge is -2.04. The molecule has 70 valence electrons. The highest BCUT2D eigenvalue weighted by atomic mass is 31.0. The van der Waals surface area contributed by atoms with Gasteiger partial charge in [0, 0.05) is 13.1 Å². The third-order valence-corrected chi connectivity index (χ3v) is 2.20. The normalized spacial score (nSPS) is 13.7. The van der Waals surface area contributed by atoms with E-state index < -0.39 is 0 Å². The summed E-state index contributed by atoms with van der Waals surface area (Å²) in [6.07, 6.45) is 4.07. The molecule has 0 aromatic rings. The molecular formula is C9H18NOP. The Bertz CT molecular complexity index is 175. The molecule has 1 atom stereocenters. The van der Waals surface area contributed by atoms with Crippen LogP contribution < -0.4 is 5.32 Å². The minimum Gasteiger partial charge on any atom is -0.395 e. The van der Waals surface area contributed by atoms with Gasteiger partial charge in [0.05, 0.1) is 6.61 Å². The molecule has 0 aliphatic rings. The number of hydrogen-bond donors (Lipinski definition) is 2. The Labute approximate surface area is 77.0 Å². The zero-order valence-electron chi connectivity index (χ0n) is 7.80. The Morgan fingerprint density at radius 3 is 2.75 bits per heavy atom. The molecule has 0 aromatic heterocycles. The molecule has 0 aliphatic carbocycles.